The second kappa shape index (κ2) is 5.01. The van der Waals surface area contributed by atoms with Crippen molar-refractivity contribution in [1.82, 2.24) is 4.72 Å². The smallest absolute Gasteiger partial charge is 0.258 e. The Hall–Kier alpha value is -0.700. The van der Waals surface area contributed by atoms with E-state index >= 15 is 0 Å². The first-order valence-electron chi connectivity index (χ1n) is 5.77. The van der Waals surface area contributed by atoms with Gasteiger partial charge in [-0.05, 0) is 25.7 Å². The van der Waals surface area contributed by atoms with Gasteiger partial charge in [0.1, 0.15) is 4.21 Å². The van der Waals surface area contributed by atoms with Crippen LogP contribution in [0.1, 0.15) is 32.6 Å². The van der Waals surface area contributed by atoms with Crippen molar-refractivity contribution in [3.63, 3.8) is 0 Å². The molecule has 19 heavy (non-hydrogen) atoms. The predicted octanol–water partition coefficient (Wildman–Crippen LogP) is 2.92. The van der Waals surface area contributed by atoms with Crippen molar-refractivity contribution < 1.29 is 13.3 Å². The Morgan fingerprint density at radius 1 is 1.58 bits per heavy atom. The van der Waals surface area contributed by atoms with Crippen molar-refractivity contribution in [3.05, 3.63) is 20.5 Å². The highest BCUT2D eigenvalue weighted by molar-refractivity contribution is 7.91. The number of halogens is 1. The summed E-state index contributed by atoms with van der Waals surface area (Å²) in [4.78, 5) is 10.00. The normalized spacial score (nSPS) is 18.0. The summed E-state index contributed by atoms with van der Waals surface area (Å²) in [6, 6.07) is 1.01. The molecule has 0 unspecified atom stereocenters. The number of sulfonamides is 1. The largest absolute Gasteiger partial charge is 0.300 e. The van der Waals surface area contributed by atoms with Gasteiger partial charge in [-0.25, -0.2) is 13.1 Å². The van der Waals surface area contributed by atoms with E-state index in [-0.39, 0.29) is 14.2 Å². The molecule has 6 nitrogen and oxygen atoms in total. The molecule has 0 aromatic carbocycles. The summed E-state index contributed by atoms with van der Waals surface area (Å²) >= 11 is 6.39. The zero-order valence-electron chi connectivity index (χ0n) is 10.2. The standard InChI is InChI=1S/C10H13ClN2O4S2/c1-2-10(4-3-5-10)12-19(16,17)8-6-7(13(14)15)9(11)18-8/h6,12H,2-5H2,1H3. The fourth-order valence-electron chi connectivity index (χ4n) is 2.06. The maximum absolute atomic E-state index is 12.2. The van der Waals surface area contributed by atoms with E-state index in [1.807, 2.05) is 6.92 Å². The summed E-state index contributed by atoms with van der Waals surface area (Å²) < 4.78 is 26.8. The van der Waals surface area contributed by atoms with Crippen LogP contribution in [0.15, 0.2) is 10.3 Å². The summed E-state index contributed by atoms with van der Waals surface area (Å²) in [6.45, 7) is 1.92. The molecule has 0 spiro atoms. The van der Waals surface area contributed by atoms with Gasteiger partial charge in [0.05, 0.1) is 4.92 Å². The minimum Gasteiger partial charge on any atom is -0.258 e. The van der Waals surface area contributed by atoms with Crippen molar-refractivity contribution in [2.24, 2.45) is 0 Å². The first-order valence-corrected chi connectivity index (χ1v) is 8.45. The molecule has 1 aromatic rings. The Bertz CT molecular complexity index is 602. The maximum Gasteiger partial charge on any atom is 0.300 e. The minimum atomic E-state index is -3.75. The van der Waals surface area contributed by atoms with Crippen LogP contribution >= 0.6 is 22.9 Å². The molecule has 2 rings (SSSR count). The number of hydrogen-bond acceptors (Lipinski definition) is 5. The molecule has 0 radical (unpaired) electrons. The summed E-state index contributed by atoms with van der Waals surface area (Å²) in [7, 11) is -3.75. The molecule has 0 atom stereocenters. The summed E-state index contributed by atoms with van der Waals surface area (Å²) in [5.74, 6) is 0. The van der Waals surface area contributed by atoms with Crippen LogP contribution in [-0.4, -0.2) is 18.9 Å². The molecule has 0 saturated heterocycles. The average molecular weight is 325 g/mol. The van der Waals surface area contributed by atoms with Crippen LogP contribution in [0.5, 0.6) is 0 Å². The highest BCUT2D eigenvalue weighted by Crippen LogP contribution is 2.39. The summed E-state index contributed by atoms with van der Waals surface area (Å²) in [5, 5.41) is 10.7. The third-order valence-electron chi connectivity index (χ3n) is 3.45. The molecule has 1 aliphatic rings. The lowest BCUT2D eigenvalue weighted by molar-refractivity contribution is -0.384. The molecule has 1 heterocycles. The van der Waals surface area contributed by atoms with Gasteiger partial charge in [0.2, 0.25) is 0 Å². The Morgan fingerprint density at radius 2 is 2.21 bits per heavy atom. The van der Waals surface area contributed by atoms with Crippen molar-refractivity contribution in [2.45, 2.75) is 42.4 Å². The lowest BCUT2D eigenvalue weighted by Crippen LogP contribution is -2.52. The van der Waals surface area contributed by atoms with E-state index in [9.17, 15) is 18.5 Å². The van der Waals surface area contributed by atoms with Gasteiger partial charge in [0.15, 0.2) is 4.34 Å². The summed E-state index contributed by atoms with van der Waals surface area (Å²) in [6.07, 6.45) is 3.28. The van der Waals surface area contributed by atoms with Gasteiger partial charge >= 0.3 is 0 Å². The van der Waals surface area contributed by atoms with Crippen LogP contribution < -0.4 is 4.72 Å². The van der Waals surface area contributed by atoms with E-state index in [1.165, 1.54) is 0 Å². The van der Waals surface area contributed by atoms with E-state index < -0.39 is 20.5 Å². The van der Waals surface area contributed by atoms with Crippen LogP contribution in [0, 0.1) is 10.1 Å². The van der Waals surface area contributed by atoms with Gasteiger partial charge in [-0.1, -0.05) is 18.5 Å². The maximum atomic E-state index is 12.2. The van der Waals surface area contributed by atoms with Gasteiger partial charge in [0, 0.05) is 11.6 Å². The Morgan fingerprint density at radius 3 is 2.58 bits per heavy atom. The molecule has 1 aromatic heterocycles. The van der Waals surface area contributed by atoms with E-state index in [0.717, 1.165) is 25.3 Å². The molecule has 1 aliphatic carbocycles. The number of nitrogens with one attached hydrogen (secondary N) is 1. The topological polar surface area (TPSA) is 89.3 Å². The Kier molecular flexibility index (Phi) is 3.87. The molecule has 106 valence electrons. The molecule has 1 N–H and O–H groups in total. The third kappa shape index (κ3) is 2.76. The number of thiophene rings is 1. The van der Waals surface area contributed by atoms with Crippen LogP contribution in [0.2, 0.25) is 4.34 Å². The fraction of sp³-hybridized carbons (Fsp3) is 0.600. The van der Waals surface area contributed by atoms with Crippen LogP contribution in [-0.2, 0) is 10.0 Å². The Labute approximate surface area is 120 Å². The second-order valence-electron chi connectivity index (χ2n) is 4.57. The van der Waals surface area contributed by atoms with E-state index in [4.69, 9.17) is 11.6 Å². The zero-order chi connectivity index (χ0) is 14.3. The van der Waals surface area contributed by atoms with E-state index in [1.54, 1.807) is 0 Å². The molecule has 1 saturated carbocycles. The molecule has 0 bridgehead atoms. The monoisotopic (exact) mass is 324 g/mol. The SMILES string of the molecule is CCC1(NS(=O)(=O)c2cc([N+](=O)[O-])c(Cl)s2)CCC1. The van der Waals surface area contributed by atoms with E-state index in [0.29, 0.717) is 17.8 Å². The van der Waals surface area contributed by atoms with Crippen LogP contribution in [0.3, 0.4) is 0 Å². The molecular weight excluding hydrogens is 312 g/mol. The van der Waals surface area contributed by atoms with Gasteiger partial charge in [-0.15, -0.1) is 11.3 Å². The summed E-state index contributed by atoms with van der Waals surface area (Å²) in [5.41, 5.74) is -0.768. The third-order valence-corrected chi connectivity index (χ3v) is 6.84. The van der Waals surface area contributed by atoms with Crippen molar-refractivity contribution in [1.29, 1.82) is 0 Å². The first kappa shape index (κ1) is 14.7. The second-order valence-corrected chi connectivity index (χ2v) is 8.14. The van der Waals surface area contributed by atoms with Crippen molar-refractivity contribution >= 4 is 38.6 Å². The first-order chi connectivity index (χ1) is 8.80. The van der Waals surface area contributed by atoms with Crippen molar-refractivity contribution in [2.75, 3.05) is 0 Å². The van der Waals surface area contributed by atoms with Gasteiger partial charge in [-0.3, -0.25) is 10.1 Å². The van der Waals surface area contributed by atoms with E-state index in [2.05, 4.69) is 4.72 Å². The quantitative estimate of drug-likeness (QED) is 0.666. The molecule has 0 aliphatic heterocycles. The number of nitro groups is 1. The van der Waals surface area contributed by atoms with Gasteiger partial charge in [-0.2, -0.15) is 0 Å². The lowest BCUT2D eigenvalue weighted by atomic mass is 9.76. The minimum absolute atomic E-state index is 0.107. The van der Waals surface area contributed by atoms with Crippen LogP contribution in [0.4, 0.5) is 5.69 Å². The predicted molar refractivity (Wildman–Crippen MR) is 73.2 cm³/mol. The van der Waals surface area contributed by atoms with Gasteiger partial charge in [0.25, 0.3) is 15.7 Å². The molecule has 9 heteroatoms. The molecule has 1 fully saturated rings. The average Bonchev–Trinajstić information content (AvgIpc) is 2.67. The number of nitrogens with zero attached hydrogens (tertiary/aromatic N) is 1. The van der Waals surface area contributed by atoms with Gasteiger partial charge < -0.3 is 0 Å². The number of hydrogen-bond donors (Lipinski definition) is 1. The highest BCUT2D eigenvalue weighted by atomic mass is 35.5. The number of rotatable bonds is 5. The lowest BCUT2D eigenvalue weighted by Gasteiger charge is -2.41. The highest BCUT2D eigenvalue weighted by Gasteiger charge is 2.40. The molecule has 0 amide bonds. The fourth-order valence-corrected chi connectivity index (χ4v) is 5.26. The zero-order valence-corrected chi connectivity index (χ0v) is 12.6. The van der Waals surface area contributed by atoms with Crippen LogP contribution in [0.25, 0.3) is 0 Å². The molecular formula is C10H13ClN2O4S2. The van der Waals surface area contributed by atoms with Crippen molar-refractivity contribution in [3.8, 4) is 0 Å². The Balaban J connectivity index is 2.29.